The monoisotopic (exact) mass is 323 g/mol. The van der Waals surface area contributed by atoms with E-state index < -0.39 is 5.97 Å². The summed E-state index contributed by atoms with van der Waals surface area (Å²) in [5.74, 6) is -0.927. The van der Waals surface area contributed by atoms with Gasteiger partial charge in [0.05, 0.1) is 16.9 Å². The van der Waals surface area contributed by atoms with E-state index in [9.17, 15) is 4.79 Å². The van der Waals surface area contributed by atoms with Crippen LogP contribution >= 0.6 is 15.9 Å². The average Bonchev–Trinajstić information content (AvgIpc) is 2.66. The highest BCUT2D eigenvalue weighted by atomic mass is 79.9. The number of carboxylic acids is 1. The molecule has 0 radical (unpaired) electrons. The maximum Gasteiger partial charge on any atom is 0.335 e. The number of benzene rings is 1. The second-order valence-corrected chi connectivity index (χ2v) is 5.12. The van der Waals surface area contributed by atoms with Crippen LogP contribution in [0.25, 0.3) is 0 Å². The third-order valence-corrected chi connectivity index (χ3v) is 3.52. The van der Waals surface area contributed by atoms with Gasteiger partial charge in [0.1, 0.15) is 0 Å². The molecule has 0 fully saturated rings. The Labute approximate surface area is 119 Å². The lowest BCUT2D eigenvalue weighted by atomic mass is 10.1. The van der Waals surface area contributed by atoms with Crippen molar-refractivity contribution in [3.8, 4) is 0 Å². The molecule has 0 saturated heterocycles. The highest BCUT2D eigenvalue weighted by Crippen LogP contribution is 2.21. The van der Waals surface area contributed by atoms with Gasteiger partial charge >= 0.3 is 5.97 Å². The number of rotatable bonds is 4. The van der Waals surface area contributed by atoms with Crippen molar-refractivity contribution in [2.24, 2.45) is 7.05 Å². The zero-order chi connectivity index (χ0) is 14.0. The van der Waals surface area contributed by atoms with Crippen molar-refractivity contribution in [2.75, 3.05) is 5.32 Å². The summed E-state index contributed by atoms with van der Waals surface area (Å²) in [6.07, 6.45) is 1.91. The van der Waals surface area contributed by atoms with E-state index >= 15 is 0 Å². The van der Waals surface area contributed by atoms with E-state index in [0.717, 1.165) is 21.4 Å². The predicted octanol–water partition coefficient (Wildman–Crippen LogP) is 2.80. The average molecular weight is 324 g/mol. The van der Waals surface area contributed by atoms with E-state index in [4.69, 9.17) is 5.11 Å². The third kappa shape index (κ3) is 3.14. The van der Waals surface area contributed by atoms with Gasteiger partial charge in [-0.25, -0.2) is 4.79 Å². The first kappa shape index (κ1) is 13.6. The van der Waals surface area contributed by atoms with Gasteiger partial charge in [0.25, 0.3) is 0 Å². The topological polar surface area (TPSA) is 67.2 Å². The molecule has 1 aromatic heterocycles. The molecule has 0 bridgehead atoms. The van der Waals surface area contributed by atoms with E-state index in [1.165, 1.54) is 0 Å². The molecule has 0 aliphatic carbocycles. The van der Waals surface area contributed by atoms with Gasteiger partial charge in [0, 0.05) is 24.3 Å². The van der Waals surface area contributed by atoms with Crippen LogP contribution in [0.2, 0.25) is 0 Å². The highest BCUT2D eigenvalue weighted by molar-refractivity contribution is 9.10. The molecule has 100 valence electrons. The number of hydrogen-bond donors (Lipinski definition) is 2. The minimum Gasteiger partial charge on any atom is -0.478 e. The van der Waals surface area contributed by atoms with Gasteiger partial charge in [-0.15, -0.1) is 0 Å². The van der Waals surface area contributed by atoms with Crippen molar-refractivity contribution in [1.29, 1.82) is 0 Å². The second kappa shape index (κ2) is 5.44. The predicted molar refractivity (Wildman–Crippen MR) is 76.4 cm³/mol. The molecule has 0 spiro atoms. The Hall–Kier alpha value is -1.82. The van der Waals surface area contributed by atoms with Crippen LogP contribution in [0.5, 0.6) is 0 Å². The molecule has 5 nitrogen and oxygen atoms in total. The minimum absolute atomic E-state index is 0.271. The van der Waals surface area contributed by atoms with Gasteiger partial charge in [-0.2, -0.15) is 5.10 Å². The van der Waals surface area contributed by atoms with Gasteiger partial charge in [-0.1, -0.05) is 22.0 Å². The fourth-order valence-electron chi connectivity index (χ4n) is 1.79. The van der Waals surface area contributed by atoms with E-state index in [-0.39, 0.29) is 5.56 Å². The maximum absolute atomic E-state index is 10.8. The third-order valence-electron chi connectivity index (χ3n) is 2.78. The molecule has 0 aliphatic rings. The Morgan fingerprint density at radius 1 is 1.53 bits per heavy atom. The fraction of sp³-hybridized carbons (Fsp3) is 0.231. The summed E-state index contributed by atoms with van der Waals surface area (Å²) in [5.41, 5.74) is 3.17. The summed E-state index contributed by atoms with van der Waals surface area (Å²) in [6, 6.07) is 5.00. The quantitative estimate of drug-likeness (QED) is 0.907. The molecule has 0 atom stereocenters. The standard InChI is InChI=1S/C13H14BrN3O2/c1-8-12(7-17(2)16-8)15-6-10-4-3-9(13(18)19)5-11(10)14/h3-5,7,15H,6H2,1-2H3,(H,18,19). The largest absolute Gasteiger partial charge is 0.478 e. The number of carbonyl (C=O) groups is 1. The van der Waals surface area contributed by atoms with Crippen LogP contribution in [0.1, 0.15) is 21.6 Å². The highest BCUT2D eigenvalue weighted by Gasteiger charge is 2.08. The van der Waals surface area contributed by atoms with Crippen LogP contribution in [-0.4, -0.2) is 20.9 Å². The summed E-state index contributed by atoms with van der Waals surface area (Å²) in [5, 5.41) is 16.4. The number of halogens is 1. The number of aromatic nitrogens is 2. The summed E-state index contributed by atoms with van der Waals surface area (Å²) in [4.78, 5) is 10.8. The molecule has 2 N–H and O–H groups in total. The first-order valence-corrected chi connectivity index (χ1v) is 6.52. The Kier molecular flexibility index (Phi) is 3.90. The van der Waals surface area contributed by atoms with Crippen molar-refractivity contribution in [1.82, 2.24) is 9.78 Å². The minimum atomic E-state index is -0.927. The SMILES string of the molecule is Cc1nn(C)cc1NCc1ccc(C(=O)O)cc1Br. The Morgan fingerprint density at radius 2 is 2.26 bits per heavy atom. The molecule has 19 heavy (non-hydrogen) atoms. The van der Waals surface area contributed by atoms with Crippen LogP contribution in [-0.2, 0) is 13.6 Å². The van der Waals surface area contributed by atoms with Crippen LogP contribution < -0.4 is 5.32 Å². The summed E-state index contributed by atoms with van der Waals surface area (Å²) >= 11 is 3.39. The van der Waals surface area contributed by atoms with Crippen LogP contribution in [0.3, 0.4) is 0 Å². The van der Waals surface area contributed by atoms with Gasteiger partial charge in [0.15, 0.2) is 0 Å². The zero-order valence-electron chi connectivity index (χ0n) is 10.6. The van der Waals surface area contributed by atoms with Crippen molar-refractivity contribution in [2.45, 2.75) is 13.5 Å². The van der Waals surface area contributed by atoms with Gasteiger partial charge in [-0.3, -0.25) is 4.68 Å². The van der Waals surface area contributed by atoms with Crippen molar-refractivity contribution < 1.29 is 9.90 Å². The molecular weight excluding hydrogens is 310 g/mol. The summed E-state index contributed by atoms with van der Waals surface area (Å²) in [6.45, 7) is 2.54. The van der Waals surface area contributed by atoms with Crippen LogP contribution in [0.4, 0.5) is 5.69 Å². The Bertz CT molecular complexity index is 622. The molecule has 6 heteroatoms. The zero-order valence-corrected chi connectivity index (χ0v) is 12.2. The van der Waals surface area contributed by atoms with Crippen molar-refractivity contribution in [3.63, 3.8) is 0 Å². The Morgan fingerprint density at radius 3 is 2.79 bits per heavy atom. The fourth-order valence-corrected chi connectivity index (χ4v) is 2.31. The molecule has 0 aliphatic heterocycles. The molecule has 1 aromatic carbocycles. The van der Waals surface area contributed by atoms with E-state index in [1.807, 2.05) is 20.2 Å². The number of anilines is 1. The van der Waals surface area contributed by atoms with Gasteiger partial charge in [0.2, 0.25) is 0 Å². The first-order chi connectivity index (χ1) is 8.97. The Balaban J connectivity index is 2.12. The normalized spacial score (nSPS) is 10.5. The van der Waals surface area contributed by atoms with E-state index in [2.05, 4.69) is 26.3 Å². The summed E-state index contributed by atoms with van der Waals surface area (Å²) in [7, 11) is 1.87. The number of aromatic carboxylic acids is 1. The first-order valence-electron chi connectivity index (χ1n) is 5.73. The van der Waals surface area contributed by atoms with Crippen molar-refractivity contribution in [3.05, 3.63) is 45.7 Å². The van der Waals surface area contributed by atoms with Crippen LogP contribution in [0.15, 0.2) is 28.9 Å². The molecule has 2 aromatic rings. The van der Waals surface area contributed by atoms with Crippen molar-refractivity contribution >= 4 is 27.6 Å². The molecule has 0 amide bonds. The van der Waals surface area contributed by atoms with Gasteiger partial charge < -0.3 is 10.4 Å². The number of nitrogens with one attached hydrogen (secondary N) is 1. The number of hydrogen-bond acceptors (Lipinski definition) is 3. The molecule has 0 unspecified atom stereocenters. The van der Waals surface area contributed by atoms with E-state index in [0.29, 0.717) is 6.54 Å². The van der Waals surface area contributed by atoms with Gasteiger partial charge in [-0.05, 0) is 24.6 Å². The lowest BCUT2D eigenvalue weighted by Crippen LogP contribution is -2.02. The number of nitrogens with zero attached hydrogens (tertiary/aromatic N) is 2. The lowest BCUT2D eigenvalue weighted by molar-refractivity contribution is 0.0697. The summed E-state index contributed by atoms with van der Waals surface area (Å²) < 4.78 is 2.53. The van der Waals surface area contributed by atoms with E-state index in [1.54, 1.807) is 22.9 Å². The van der Waals surface area contributed by atoms with Crippen LogP contribution in [0, 0.1) is 6.92 Å². The number of aryl methyl sites for hydroxylation is 2. The smallest absolute Gasteiger partial charge is 0.335 e. The molecular formula is C13H14BrN3O2. The lowest BCUT2D eigenvalue weighted by Gasteiger charge is -2.08. The number of carboxylic acid groups (broad SMARTS) is 1. The molecule has 2 rings (SSSR count). The second-order valence-electron chi connectivity index (χ2n) is 4.27. The molecule has 0 saturated carbocycles. The maximum atomic E-state index is 10.8. The molecule has 1 heterocycles.